The Morgan fingerprint density at radius 2 is 2.18 bits per heavy atom. The molecule has 1 aromatic rings. The molecule has 0 spiro atoms. The molecule has 0 aliphatic carbocycles. The fraction of sp³-hybridized carbons (Fsp3) is 0.500. The van der Waals surface area contributed by atoms with E-state index >= 15 is 0 Å². The van der Waals surface area contributed by atoms with E-state index < -0.39 is 0 Å². The van der Waals surface area contributed by atoms with Crippen molar-refractivity contribution in [2.75, 3.05) is 13.7 Å². The van der Waals surface area contributed by atoms with E-state index in [1.54, 1.807) is 13.2 Å². The van der Waals surface area contributed by atoms with Gasteiger partial charge in [0.1, 0.15) is 0 Å². The zero-order valence-corrected chi connectivity index (χ0v) is 13.4. The first-order valence-electron chi connectivity index (χ1n) is 4.94. The number of benzene rings is 1. The molecular formula is C12H18BrFMgO2. The maximum Gasteiger partial charge on any atom is 2.00 e. The summed E-state index contributed by atoms with van der Waals surface area (Å²) in [6.45, 7) is 3.11. The van der Waals surface area contributed by atoms with Crippen molar-refractivity contribution in [2.45, 2.75) is 25.9 Å². The first kappa shape index (κ1) is 22.3. The van der Waals surface area contributed by atoms with Crippen LogP contribution in [0.4, 0.5) is 0 Å². The van der Waals surface area contributed by atoms with Gasteiger partial charge < -0.3 is 14.2 Å². The number of hydrogen-bond donors (Lipinski definition) is 0. The van der Waals surface area contributed by atoms with E-state index in [1.807, 2.05) is 18.2 Å². The van der Waals surface area contributed by atoms with Crippen LogP contribution in [0, 0.1) is 6.07 Å². The molecule has 1 aliphatic heterocycles. The molecule has 2 nitrogen and oxygen atoms in total. The summed E-state index contributed by atoms with van der Waals surface area (Å²) in [5.41, 5.74) is 0. The summed E-state index contributed by atoms with van der Waals surface area (Å²) in [4.78, 5) is 0. The van der Waals surface area contributed by atoms with Crippen molar-refractivity contribution >= 4 is 40.0 Å². The van der Waals surface area contributed by atoms with Crippen LogP contribution in [0.25, 0.3) is 0 Å². The quantitative estimate of drug-likeness (QED) is 0.531. The third-order valence-corrected chi connectivity index (χ3v) is 2.07. The molecule has 0 aromatic heterocycles. The molecule has 0 radical (unpaired) electrons. The second-order valence-electron chi connectivity index (χ2n) is 3.27. The molecule has 1 heterocycles. The molecule has 5 heteroatoms. The van der Waals surface area contributed by atoms with E-state index in [2.05, 4.69) is 13.0 Å². The monoisotopic (exact) mass is 316 g/mol. The topological polar surface area (TPSA) is 18.5 Å². The largest absolute Gasteiger partial charge is 2.00 e. The molecule has 1 atom stereocenters. The Balaban J connectivity index is -0.000000201. The number of ether oxygens (including phenoxy) is 2. The van der Waals surface area contributed by atoms with Crippen LogP contribution < -0.4 is 9.44 Å². The number of rotatable bonds is 1. The summed E-state index contributed by atoms with van der Waals surface area (Å²) in [5, 5.41) is 0. The van der Waals surface area contributed by atoms with Gasteiger partial charge in [-0.25, -0.2) is 0 Å². The summed E-state index contributed by atoms with van der Waals surface area (Å²) in [6.07, 6.45) is 3.08. The van der Waals surface area contributed by atoms with Crippen molar-refractivity contribution in [1.29, 1.82) is 0 Å². The maximum atomic E-state index is 5.15. The fourth-order valence-electron chi connectivity index (χ4n) is 1.24. The van der Waals surface area contributed by atoms with E-state index in [1.165, 1.54) is 12.8 Å². The van der Waals surface area contributed by atoms with Crippen LogP contribution in [0.1, 0.15) is 19.8 Å². The summed E-state index contributed by atoms with van der Waals surface area (Å²) < 4.78 is 10.0. The van der Waals surface area contributed by atoms with Crippen molar-refractivity contribution in [3.63, 3.8) is 0 Å². The minimum absolute atomic E-state index is 0. The van der Waals surface area contributed by atoms with Gasteiger partial charge in [0.15, 0.2) is 0 Å². The molecule has 0 bridgehead atoms. The first-order valence-corrected chi connectivity index (χ1v) is 4.94. The van der Waals surface area contributed by atoms with Gasteiger partial charge in [-0.2, -0.15) is 18.2 Å². The zero-order chi connectivity index (χ0) is 10.2. The van der Waals surface area contributed by atoms with Gasteiger partial charge in [-0.05, 0) is 19.8 Å². The SMILES string of the molecule is Br.CC1CCCO1.COc1c[c-]ccc1.[F-].[Mg+2]. The molecule has 1 aliphatic rings. The minimum atomic E-state index is 0. The molecule has 1 saturated heterocycles. The Bertz CT molecular complexity index is 244. The molecule has 17 heavy (non-hydrogen) atoms. The van der Waals surface area contributed by atoms with Gasteiger partial charge in [0, 0.05) is 12.4 Å². The Kier molecular flexibility index (Phi) is 18.7. The van der Waals surface area contributed by atoms with Gasteiger partial charge in [-0.1, -0.05) is 0 Å². The fourth-order valence-corrected chi connectivity index (χ4v) is 1.24. The number of methoxy groups -OCH3 is 1. The number of halogens is 2. The average molecular weight is 317 g/mol. The Morgan fingerprint density at radius 3 is 2.41 bits per heavy atom. The van der Waals surface area contributed by atoms with Crippen molar-refractivity contribution in [1.82, 2.24) is 0 Å². The molecule has 1 aromatic carbocycles. The molecule has 1 fully saturated rings. The van der Waals surface area contributed by atoms with Crippen LogP contribution in [0.3, 0.4) is 0 Å². The molecule has 0 N–H and O–H groups in total. The van der Waals surface area contributed by atoms with Crippen LogP contribution in [0.2, 0.25) is 0 Å². The minimum Gasteiger partial charge on any atom is -1.00 e. The van der Waals surface area contributed by atoms with E-state index in [0.717, 1.165) is 12.4 Å². The van der Waals surface area contributed by atoms with E-state index in [4.69, 9.17) is 9.47 Å². The predicted molar refractivity (Wildman–Crippen MR) is 72.6 cm³/mol. The Hall–Kier alpha value is 0.156. The van der Waals surface area contributed by atoms with Crippen LogP contribution in [0.5, 0.6) is 5.75 Å². The van der Waals surface area contributed by atoms with Gasteiger partial charge in [-0.3, -0.25) is 0 Å². The second kappa shape index (κ2) is 14.2. The molecule has 0 amide bonds. The second-order valence-corrected chi connectivity index (χ2v) is 3.27. The van der Waals surface area contributed by atoms with Crippen molar-refractivity contribution in [2.24, 2.45) is 0 Å². The van der Waals surface area contributed by atoms with Crippen LogP contribution in [-0.4, -0.2) is 42.9 Å². The summed E-state index contributed by atoms with van der Waals surface area (Å²) in [5.74, 6) is 0.854. The molecule has 94 valence electrons. The van der Waals surface area contributed by atoms with Crippen LogP contribution >= 0.6 is 17.0 Å². The van der Waals surface area contributed by atoms with Gasteiger partial charge >= 0.3 is 23.1 Å². The Labute approximate surface area is 129 Å². The third-order valence-electron chi connectivity index (χ3n) is 2.07. The van der Waals surface area contributed by atoms with E-state index in [0.29, 0.717) is 6.10 Å². The molecule has 0 saturated carbocycles. The molecule has 2 rings (SSSR count). The van der Waals surface area contributed by atoms with Gasteiger partial charge in [0.2, 0.25) is 0 Å². The normalized spacial score (nSPS) is 16.2. The van der Waals surface area contributed by atoms with Crippen molar-refractivity contribution in [3.8, 4) is 5.75 Å². The molecular weight excluding hydrogens is 299 g/mol. The summed E-state index contributed by atoms with van der Waals surface area (Å²) >= 11 is 0. The zero-order valence-electron chi connectivity index (χ0n) is 10.3. The van der Waals surface area contributed by atoms with Gasteiger partial charge in [0.25, 0.3) is 0 Å². The van der Waals surface area contributed by atoms with Gasteiger partial charge in [0.05, 0.1) is 13.2 Å². The Morgan fingerprint density at radius 1 is 1.47 bits per heavy atom. The van der Waals surface area contributed by atoms with Crippen molar-refractivity contribution < 1.29 is 14.2 Å². The number of hydrogen-bond acceptors (Lipinski definition) is 2. The van der Waals surface area contributed by atoms with Crippen LogP contribution in [-0.2, 0) is 4.74 Å². The average Bonchev–Trinajstić information content (AvgIpc) is 2.71. The van der Waals surface area contributed by atoms with Crippen molar-refractivity contribution in [3.05, 3.63) is 30.3 Å². The third kappa shape index (κ3) is 11.0. The van der Waals surface area contributed by atoms with E-state index in [9.17, 15) is 0 Å². The maximum absolute atomic E-state index is 5.15. The first-order chi connectivity index (χ1) is 6.83. The standard InChI is InChI=1S/C7H7O.C5H10O.BrH.FH.Mg/c1-8-7-5-3-2-4-6-7;1-5-3-2-4-6-5;;;/h2-3,5-6H,1H3;5H,2-4H2,1H3;2*1H;/q-1;;;;+2/p-1. The summed E-state index contributed by atoms with van der Waals surface area (Å²) in [7, 11) is 1.64. The van der Waals surface area contributed by atoms with E-state index in [-0.39, 0.29) is 44.7 Å². The summed E-state index contributed by atoms with van der Waals surface area (Å²) in [6, 6.07) is 10.3. The predicted octanol–water partition coefficient (Wildman–Crippen LogP) is -0.118. The molecule has 1 unspecified atom stereocenters. The smallest absolute Gasteiger partial charge is 1.00 e. The van der Waals surface area contributed by atoms with Gasteiger partial charge in [-0.15, -0.1) is 29.1 Å². The van der Waals surface area contributed by atoms with Crippen LogP contribution in [0.15, 0.2) is 24.3 Å².